The summed E-state index contributed by atoms with van der Waals surface area (Å²) in [6, 6.07) is 9.47. The summed E-state index contributed by atoms with van der Waals surface area (Å²) in [5.74, 6) is -1.29. The summed E-state index contributed by atoms with van der Waals surface area (Å²) in [7, 11) is 0. The smallest absolute Gasteiger partial charge is 0.354 e. The molecule has 1 N–H and O–H groups in total. The molecule has 0 spiro atoms. The Morgan fingerprint density at radius 1 is 1.02 bits per heavy atom. The molecule has 2 aliphatic heterocycles. The van der Waals surface area contributed by atoms with Crippen molar-refractivity contribution in [2.45, 2.75) is 69.5 Å². The topological polar surface area (TPSA) is 61.8 Å². The second-order valence-corrected chi connectivity index (χ2v) is 10.9. The van der Waals surface area contributed by atoms with Crippen molar-refractivity contribution in [1.29, 1.82) is 0 Å². The highest BCUT2D eigenvalue weighted by Gasteiger charge is 2.45. The average Bonchev–Trinajstić information content (AvgIpc) is 3.36. The lowest BCUT2D eigenvalue weighted by Crippen LogP contribution is -2.52. The van der Waals surface area contributed by atoms with Gasteiger partial charge in [0.1, 0.15) is 0 Å². The van der Waals surface area contributed by atoms with Gasteiger partial charge in [0.15, 0.2) is 0 Å². The van der Waals surface area contributed by atoms with Gasteiger partial charge in [-0.3, -0.25) is 14.6 Å². The molecule has 2 heterocycles. The number of nitrogens with one attached hydrogen (secondary N) is 1. The van der Waals surface area contributed by atoms with Crippen molar-refractivity contribution in [1.82, 2.24) is 10.2 Å². The van der Waals surface area contributed by atoms with Crippen molar-refractivity contribution in [2.24, 2.45) is 10.9 Å². The Morgan fingerprint density at radius 3 is 2.20 bits per heavy atom. The van der Waals surface area contributed by atoms with E-state index in [1.807, 2.05) is 50.3 Å². The minimum Gasteiger partial charge on any atom is -0.354 e. The molecule has 0 saturated carbocycles. The normalized spacial score (nSPS) is 22.8. The van der Waals surface area contributed by atoms with Crippen LogP contribution in [0.2, 0.25) is 0 Å². The minimum absolute atomic E-state index is 0.0147. The average molecular weight is 580 g/mol. The zero-order chi connectivity index (χ0) is 30.0. The van der Waals surface area contributed by atoms with E-state index in [4.69, 9.17) is 0 Å². The Kier molecular flexibility index (Phi) is 8.65. The van der Waals surface area contributed by atoms with Crippen LogP contribution in [0.1, 0.15) is 60.2 Å². The number of benzene rings is 2. The van der Waals surface area contributed by atoms with Gasteiger partial charge in [0.2, 0.25) is 5.91 Å². The zero-order valence-electron chi connectivity index (χ0n) is 22.6. The zero-order valence-corrected chi connectivity index (χ0v) is 22.6. The van der Waals surface area contributed by atoms with Crippen molar-refractivity contribution in [3.63, 3.8) is 0 Å². The van der Waals surface area contributed by atoms with Gasteiger partial charge in [-0.2, -0.15) is 26.3 Å². The van der Waals surface area contributed by atoms with E-state index in [0.717, 1.165) is 5.56 Å². The number of likely N-dealkylation sites (tertiary alicyclic amines) is 1. The van der Waals surface area contributed by atoms with E-state index < -0.39 is 46.5 Å². The van der Waals surface area contributed by atoms with Crippen molar-refractivity contribution in [2.75, 3.05) is 6.54 Å². The Labute approximate surface area is 234 Å². The summed E-state index contributed by atoms with van der Waals surface area (Å²) in [5.41, 5.74) is -3.75. The number of carbonyl (C=O) groups excluding carboxylic acids is 2. The van der Waals surface area contributed by atoms with Gasteiger partial charge in [-0.15, -0.1) is 0 Å². The highest BCUT2D eigenvalue weighted by molar-refractivity contribution is 5.95. The molecule has 1 saturated heterocycles. The molecule has 2 aromatic rings. The van der Waals surface area contributed by atoms with Gasteiger partial charge >= 0.3 is 12.4 Å². The summed E-state index contributed by atoms with van der Waals surface area (Å²) in [6.45, 7) is 3.77. The van der Waals surface area contributed by atoms with Gasteiger partial charge in [-0.25, -0.2) is 0 Å². The quantitative estimate of drug-likeness (QED) is 0.382. The molecular formula is C30H31F6N3O2. The largest absolute Gasteiger partial charge is 0.416 e. The molecule has 0 aliphatic carbocycles. The standard InChI is InChI=1S/C30H31F6N3O2/c1-19(2)38-26(40)18-28(10-6-11-37-28)22-9-12-39(25(17-22)13-20-7-4-3-5-8-20)27(41)21-14-23(29(31,32)33)16-24(15-21)30(34,35)36/h3-8,10-11,14-16,19,22,25H,9,12-13,17-18H2,1-2H3,(H,38,40). The number of halogens is 6. The van der Waals surface area contributed by atoms with Crippen LogP contribution in [0.25, 0.3) is 0 Å². The molecule has 3 unspecified atom stereocenters. The summed E-state index contributed by atoms with van der Waals surface area (Å²) in [5, 5.41) is 2.87. The number of aliphatic imine (C=N–C) groups is 1. The molecule has 5 nitrogen and oxygen atoms in total. The van der Waals surface area contributed by atoms with Crippen LogP contribution in [0.4, 0.5) is 26.3 Å². The van der Waals surface area contributed by atoms with E-state index in [1.165, 1.54) is 4.90 Å². The lowest BCUT2D eigenvalue weighted by molar-refractivity contribution is -0.143. The number of rotatable bonds is 7. The van der Waals surface area contributed by atoms with Crippen LogP contribution in [-0.2, 0) is 23.6 Å². The number of allylic oxidation sites excluding steroid dienone is 1. The van der Waals surface area contributed by atoms with E-state index >= 15 is 0 Å². The molecule has 2 amide bonds. The molecule has 2 aliphatic rings. The van der Waals surface area contributed by atoms with Crippen LogP contribution in [0.5, 0.6) is 0 Å². The predicted molar refractivity (Wildman–Crippen MR) is 142 cm³/mol. The fourth-order valence-corrected chi connectivity index (χ4v) is 5.65. The Morgan fingerprint density at radius 2 is 1.66 bits per heavy atom. The number of hydrogen-bond acceptors (Lipinski definition) is 3. The van der Waals surface area contributed by atoms with Crippen LogP contribution < -0.4 is 5.32 Å². The van der Waals surface area contributed by atoms with Crippen molar-refractivity contribution in [3.8, 4) is 0 Å². The number of hydrogen-bond donors (Lipinski definition) is 1. The molecule has 0 radical (unpaired) electrons. The van der Waals surface area contributed by atoms with Crippen LogP contribution in [0.3, 0.4) is 0 Å². The molecule has 0 aromatic heterocycles. The first-order chi connectivity index (χ1) is 19.2. The predicted octanol–water partition coefficient (Wildman–Crippen LogP) is 6.48. The van der Waals surface area contributed by atoms with Crippen molar-refractivity contribution >= 4 is 18.0 Å². The number of piperidine rings is 1. The van der Waals surface area contributed by atoms with Crippen molar-refractivity contribution in [3.05, 3.63) is 82.9 Å². The van der Waals surface area contributed by atoms with Crippen LogP contribution in [-0.4, -0.2) is 47.1 Å². The first-order valence-electron chi connectivity index (χ1n) is 13.3. The maximum atomic E-state index is 13.6. The summed E-state index contributed by atoms with van der Waals surface area (Å²) >= 11 is 0. The number of nitrogens with zero attached hydrogens (tertiary/aromatic N) is 2. The molecule has 220 valence electrons. The first-order valence-corrected chi connectivity index (χ1v) is 13.3. The monoisotopic (exact) mass is 579 g/mol. The van der Waals surface area contributed by atoms with Crippen LogP contribution >= 0.6 is 0 Å². The Hall–Kier alpha value is -3.63. The molecule has 1 fully saturated rings. The minimum atomic E-state index is -5.07. The third-order valence-electron chi connectivity index (χ3n) is 7.51. The second kappa shape index (κ2) is 11.7. The number of amides is 2. The van der Waals surface area contributed by atoms with Crippen molar-refractivity contribution < 1.29 is 35.9 Å². The molecule has 2 aromatic carbocycles. The van der Waals surface area contributed by atoms with Crippen LogP contribution in [0.15, 0.2) is 65.7 Å². The molecular weight excluding hydrogens is 548 g/mol. The second-order valence-electron chi connectivity index (χ2n) is 10.9. The van der Waals surface area contributed by atoms with Gasteiger partial charge in [-0.05, 0) is 68.9 Å². The lowest BCUT2D eigenvalue weighted by atomic mass is 9.73. The van der Waals surface area contributed by atoms with Gasteiger partial charge < -0.3 is 10.2 Å². The molecule has 0 bridgehead atoms. The highest BCUT2D eigenvalue weighted by atomic mass is 19.4. The fraction of sp³-hybridized carbons (Fsp3) is 0.433. The molecule has 41 heavy (non-hydrogen) atoms. The number of alkyl halides is 6. The van der Waals surface area contributed by atoms with Gasteiger partial charge in [0, 0.05) is 30.4 Å². The van der Waals surface area contributed by atoms with E-state index in [2.05, 4.69) is 10.3 Å². The maximum Gasteiger partial charge on any atom is 0.416 e. The molecule has 4 rings (SSSR count). The molecule has 11 heteroatoms. The van der Waals surface area contributed by atoms with Gasteiger partial charge in [0.05, 0.1) is 23.1 Å². The van der Waals surface area contributed by atoms with E-state index in [9.17, 15) is 35.9 Å². The summed E-state index contributed by atoms with van der Waals surface area (Å²) in [6.07, 6.45) is -3.78. The fourth-order valence-electron chi connectivity index (χ4n) is 5.65. The Balaban J connectivity index is 1.68. The van der Waals surface area contributed by atoms with Gasteiger partial charge in [-0.1, -0.05) is 36.4 Å². The summed E-state index contributed by atoms with van der Waals surface area (Å²) in [4.78, 5) is 32.4. The van der Waals surface area contributed by atoms with Crippen LogP contribution in [0, 0.1) is 5.92 Å². The van der Waals surface area contributed by atoms with E-state index in [0.29, 0.717) is 31.4 Å². The Bertz CT molecular complexity index is 1270. The third-order valence-corrected chi connectivity index (χ3v) is 7.51. The van der Waals surface area contributed by atoms with E-state index in [1.54, 1.807) is 12.3 Å². The van der Waals surface area contributed by atoms with E-state index in [-0.39, 0.29) is 36.9 Å². The lowest BCUT2D eigenvalue weighted by Gasteiger charge is -2.45. The van der Waals surface area contributed by atoms with Gasteiger partial charge in [0.25, 0.3) is 5.91 Å². The molecule has 3 atom stereocenters. The number of carbonyl (C=O) groups is 2. The maximum absolute atomic E-state index is 13.6. The third kappa shape index (κ3) is 7.18. The SMILES string of the molecule is CC(C)NC(=O)CC1(C2CCN(C(=O)c3cc(C(F)(F)F)cc(C(F)(F)F)c3)C(Cc3ccccc3)C2)C=CC=N1. The summed E-state index contributed by atoms with van der Waals surface area (Å²) < 4.78 is 81.1. The highest BCUT2D eigenvalue weighted by Crippen LogP contribution is 2.41. The first kappa shape index (κ1) is 30.3.